The van der Waals surface area contributed by atoms with Gasteiger partial charge in [0.15, 0.2) is 16.8 Å². The molecule has 1 aliphatic carbocycles. The average Bonchev–Trinajstić information content (AvgIpc) is 2.82. The number of halogens is 1. The van der Waals surface area contributed by atoms with Crippen molar-refractivity contribution >= 4 is 17.1 Å². The fraction of sp³-hybridized carbons (Fsp3) is 0.583. The molecule has 1 saturated heterocycles. The van der Waals surface area contributed by atoms with Crippen LogP contribution in [0.5, 0.6) is 0 Å². The van der Waals surface area contributed by atoms with Crippen molar-refractivity contribution in [3.8, 4) is 0 Å². The number of anilines is 1. The molecule has 10 nitrogen and oxygen atoms in total. The maximum atomic E-state index is 15.1. The van der Waals surface area contributed by atoms with Gasteiger partial charge in [-0.05, 0) is 0 Å². The van der Waals surface area contributed by atoms with E-state index in [1.807, 2.05) is 0 Å². The quantitative estimate of drug-likeness (QED) is 0.509. The van der Waals surface area contributed by atoms with Gasteiger partial charge in [-0.3, -0.25) is 9.78 Å². The van der Waals surface area contributed by atoms with Crippen molar-refractivity contribution in [1.29, 1.82) is 0 Å². The van der Waals surface area contributed by atoms with E-state index in [4.69, 9.17) is 15.2 Å². The molecule has 4 rings (SSSR count). The Hall–Kier alpha value is -2.08. The minimum absolute atomic E-state index is 0.00225. The van der Waals surface area contributed by atoms with E-state index in [2.05, 4.69) is 15.0 Å². The van der Waals surface area contributed by atoms with Gasteiger partial charge in [0, 0.05) is 7.11 Å². The molecule has 2 aliphatic rings. The van der Waals surface area contributed by atoms with E-state index < -0.39 is 41.9 Å². The summed E-state index contributed by atoms with van der Waals surface area (Å²) in [7, 11) is 1.21. The van der Waals surface area contributed by atoms with Crippen LogP contribution >= 0.6 is 0 Å². The topological polar surface area (TPSA) is 149 Å². The van der Waals surface area contributed by atoms with Crippen LogP contribution < -0.4 is 11.3 Å². The number of nitrogen functional groups attached to an aromatic ring is 1. The number of rotatable bonds is 3. The van der Waals surface area contributed by atoms with Crippen LogP contribution in [0, 0.1) is 0 Å². The minimum atomic E-state index is -2.19. The number of imidazole rings is 1. The Morgan fingerprint density at radius 3 is 2.96 bits per heavy atom. The molecular formula is C12H14FN5O5. The van der Waals surface area contributed by atoms with E-state index >= 15 is 4.39 Å². The van der Waals surface area contributed by atoms with Gasteiger partial charge in [-0.15, -0.1) is 0 Å². The molecule has 0 amide bonds. The first-order valence-electron chi connectivity index (χ1n) is 6.82. The number of fused-ring (bicyclic) bond motifs is 2. The predicted octanol–water partition coefficient (Wildman–Crippen LogP) is -1.94. The molecule has 0 aromatic carbocycles. The lowest BCUT2D eigenvalue weighted by molar-refractivity contribution is -0.272. The predicted molar refractivity (Wildman–Crippen MR) is 73.1 cm³/mol. The third kappa shape index (κ3) is 1.57. The van der Waals surface area contributed by atoms with E-state index in [9.17, 15) is 15.0 Å². The second-order valence-corrected chi connectivity index (χ2v) is 5.66. The van der Waals surface area contributed by atoms with Gasteiger partial charge in [-0.2, -0.15) is 4.98 Å². The van der Waals surface area contributed by atoms with Crippen LogP contribution in [0.25, 0.3) is 11.2 Å². The van der Waals surface area contributed by atoms with Crippen LogP contribution in [0.1, 0.15) is 6.04 Å². The summed E-state index contributed by atoms with van der Waals surface area (Å²) in [6, 6.07) is -0.953. The number of nitrogens with zero attached hydrogens (tertiary/aromatic N) is 3. The van der Waals surface area contributed by atoms with Crippen LogP contribution in [0.15, 0.2) is 11.1 Å². The summed E-state index contributed by atoms with van der Waals surface area (Å²) in [5, 5.41) is 19.6. The van der Waals surface area contributed by atoms with Crippen LogP contribution in [0.4, 0.5) is 10.3 Å². The third-order valence-electron chi connectivity index (χ3n) is 4.55. The molecule has 124 valence electrons. The van der Waals surface area contributed by atoms with Gasteiger partial charge in [0.1, 0.15) is 24.9 Å². The summed E-state index contributed by atoms with van der Waals surface area (Å²) < 4.78 is 26.8. The molecule has 1 aliphatic heterocycles. The first kappa shape index (κ1) is 14.5. The normalized spacial score (nSPS) is 38.9. The number of nitrogens with two attached hydrogens (primary N) is 1. The van der Waals surface area contributed by atoms with Gasteiger partial charge in [0.05, 0.1) is 6.33 Å². The number of hydrogen-bond acceptors (Lipinski definition) is 8. The van der Waals surface area contributed by atoms with Crippen LogP contribution in [-0.4, -0.2) is 67.1 Å². The van der Waals surface area contributed by atoms with Gasteiger partial charge in [-0.1, -0.05) is 0 Å². The van der Waals surface area contributed by atoms with Crippen molar-refractivity contribution in [3.05, 3.63) is 16.7 Å². The monoisotopic (exact) mass is 327 g/mol. The SMILES string of the molecule is CO[C@]1(CO)O[C@H]2C(n3cnc4c(=O)[nH]c(N)nc43)[C@]2(F)[C@@H]1O. The Kier molecular flexibility index (Phi) is 2.69. The Morgan fingerprint density at radius 2 is 2.39 bits per heavy atom. The first-order valence-corrected chi connectivity index (χ1v) is 6.82. The van der Waals surface area contributed by atoms with Crippen molar-refractivity contribution < 1.29 is 24.1 Å². The second-order valence-electron chi connectivity index (χ2n) is 5.66. The Bertz CT molecular complexity index is 848. The number of alkyl halides is 1. The summed E-state index contributed by atoms with van der Waals surface area (Å²) >= 11 is 0. The molecule has 0 bridgehead atoms. The zero-order chi connectivity index (χ0) is 16.6. The van der Waals surface area contributed by atoms with E-state index in [0.29, 0.717) is 0 Å². The number of aliphatic hydroxyl groups excluding tert-OH is 2. The van der Waals surface area contributed by atoms with Crippen molar-refractivity contribution in [1.82, 2.24) is 19.5 Å². The van der Waals surface area contributed by atoms with Gasteiger partial charge in [0.2, 0.25) is 11.7 Å². The number of aliphatic hydroxyl groups is 2. The molecule has 3 heterocycles. The summed E-state index contributed by atoms with van der Waals surface area (Å²) in [6.07, 6.45) is -1.54. The van der Waals surface area contributed by atoms with E-state index in [0.717, 1.165) is 0 Å². The third-order valence-corrected chi connectivity index (χ3v) is 4.55. The van der Waals surface area contributed by atoms with Crippen molar-refractivity contribution in [2.24, 2.45) is 0 Å². The van der Waals surface area contributed by atoms with Gasteiger partial charge >= 0.3 is 0 Å². The zero-order valence-corrected chi connectivity index (χ0v) is 11.9. The maximum Gasteiger partial charge on any atom is 0.280 e. The maximum absolute atomic E-state index is 15.1. The number of aromatic nitrogens is 4. The average molecular weight is 327 g/mol. The molecule has 2 fully saturated rings. The van der Waals surface area contributed by atoms with Crippen LogP contribution in [-0.2, 0) is 9.47 Å². The molecule has 5 atom stereocenters. The number of nitrogens with one attached hydrogen (secondary N) is 1. The fourth-order valence-corrected chi connectivity index (χ4v) is 3.27. The first-order chi connectivity index (χ1) is 10.9. The molecule has 11 heteroatoms. The van der Waals surface area contributed by atoms with E-state index in [-0.39, 0.29) is 17.1 Å². The van der Waals surface area contributed by atoms with Gasteiger partial charge in [-0.25, -0.2) is 9.37 Å². The second kappa shape index (κ2) is 4.26. The van der Waals surface area contributed by atoms with Gasteiger partial charge in [0.25, 0.3) is 5.56 Å². The van der Waals surface area contributed by atoms with Crippen molar-refractivity contribution in [3.63, 3.8) is 0 Å². The van der Waals surface area contributed by atoms with Crippen molar-refractivity contribution in [2.45, 2.75) is 29.7 Å². The largest absolute Gasteiger partial charge is 0.391 e. The molecule has 1 saturated carbocycles. The molecule has 1 unspecified atom stereocenters. The number of hydrogen-bond donors (Lipinski definition) is 4. The molecular weight excluding hydrogens is 313 g/mol. The fourth-order valence-electron chi connectivity index (χ4n) is 3.27. The van der Waals surface area contributed by atoms with Crippen LogP contribution in [0.3, 0.4) is 0 Å². The Morgan fingerprint density at radius 1 is 1.65 bits per heavy atom. The number of ether oxygens (including phenoxy) is 2. The number of H-pyrrole nitrogens is 1. The number of aromatic amines is 1. The molecule has 0 radical (unpaired) electrons. The number of methoxy groups -OCH3 is 1. The van der Waals surface area contributed by atoms with Crippen molar-refractivity contribution in [2.75, 3.05) is 19.5 Å². The highest BCUT2D eigenvalue weighted by Gasteiger charge is 2.83. The summed E-state index contributed by atoms with van der Waals surface area (Å²) in [5.41, 5.74) is 2.85. The molecule has 2 aromatic heterocycles. The van der Waals surface area contributed by atoms with E-state index in [1.54, 1.807) is 0 Å². The Balaban J connectivity index is 1.78. The molecule has 5 N–H and O–H groups in total. The lowest BCUT2D eigenvalue weighted by atomic mass is 10.1. The molecule has 2 aromatic rings. The summed E-state index contributed by atoms with van der Waals surface area (Å²) in [5.74, 6) is -1.94. The lowest BCUT2D eigenvalue weighted by Gasteiger charge is -2.32. The smallest absolute Gasteiger partial charge is 0.280 e. The standard InChI is InChI=1S/C12H14FN5O5/c1-22-11(2-19)9(21)12(13)5(6(12)23-11)18-3-15-4-7(18)16-10(14)17-8(4)20/h3,5-6,9,19,21H,2H2,1H3,(H3,14,16,17,20)/t5?,6-,9+,11+,12+/m0/s1. The highest BCUT2D eigenvalue weighted by Crippen LogP contribution is 2.64. The highest BCUT2D eigenvalue weighted by molar-refractivity contribution is 5.71. The zero-order valence-electron chi connectivity index (χ0n) is 11.9. The minimum Gasteiger partial charge on any atom is -0.391 e. The van der Waals surface area contributed by atoms with Gasteiger partial charge < -0.3 is 30.0 Å². The molecule has 0 spiro atoms. The highest BCUT2D eigenvalue weighted by atomic mass is 19.1. The summed E-state index contributed by atoms with van der Waals surface area (Å²) in [4.78, 5) is 21.9. The summed E-state index contributed by atoms with van der Waals surface area (Å²) in [6.45, 7) is -0.699. The molecule has 23 heavy (non-hydrogen) atoms. The van der Waals surface area contributed by atoms with Crippen LogP contribution in [0.2, 0.25) is 0 Å². The Labute approximate surface area is 127 Å². The lowest BCUT2D eigenvalue weighted by Crippen LogP contribution is -2.51. The van der Waals surface area contributed by atoms with E-state index in [1.165, 1.54) is 18.0 Å².